The average molecular weight is 272 g/mol. The molecule has 0 spiro atoms. The van der Waals surface area contributed by atoms with Gasteiger partial charge in [-0.25, -0.2) is 4.98 Å². The molecular formula is C16H24N4. The van der Waals surface area contributed by atoms with E-state index in [9.17, 15) is 0 Å². The predicted octanol–water partition coefficient (Wildman–Crippen LogP) is 2.95. The van der Waals surface area contributed by atoms with Crippen LogP contribution in [0.3, 0.4) is 0 Å². The molecular weight excluding hydrogens is 248 g/mol. The summed E-state index contributed by atoms with van der Waals surface area (Å²) in [7, 11) is 1.95. The summed E-state index contributed by atoms with van der Waals surface area (Å²) < 4.78 is 1.85. The molecule has 3 rings (SSSR count). The van der Waals surface area contributed by atoms with Crippen LogP contribution >= 0.6 is 0 Å². The van der Waals surface area contributed by atoms with Crippen molar-refractivity contribution in [2.75, 3.05) is 6.54 Å². The van der Waals surface area contributed by atoms with Gasteiger partial charge in [0.25, 0.3) is 0 Å². The van der Waals surface area contributed by atoms with Gasteiger partial charge in [0.1, 0.15) is 0 Å². The van der Waals surface area contributed by atoms with Crippen LogP contribution in [-0.2, 0) is 13.6 Å². The lowest BCUT2D eigenvalue weighted by atomic mass is 9.67. The summed E-state index contributed by atoms with van der Waals surface area (Å²) in [6.07, 6.45) is 7.43. The lowest BCUT2D eigenvalue weighted by molar-refractivity contribution is 0.124. The minimum atomic E-state index is 0.571. The van der Waals surface area contributed by atoms with Crippen LogP contribution in [0.1, 0.15) is 43.9 Å². The number of nitrogens with zero attached hydrogens (tertiary/aromatic N) is 3. The largest absolute Gasteiger partial charge is 0.312 e. The fourth-order valence-corrected chi connectivity index (χ4v) is 3.25. The molecule has 2 aromatic heterocycles. The van der Waals surface area contributed by atoms with Crippen LogP contribution in [0, 0.1) is 12.3 Å². The summed E-state index contributed by atoms with van der Waals surface area (Å²) in [5.74, 6) is 0. The fourth-order valence-electron chi connectivity index (χ4n) is 3.25. The molecule has 20 heavy (non-hydrogen) atoms. The molecule has 0 atom stereocenters. The van der Waals surface area contributed by atoms with Crippen molar-refractivity contribution in [2.24, 2.45) is 12.5 Å². The van der Waals surface area contributed by atoms with Crippen molar-refractivity contribution >= 4 is 11.0 Å². The highest BCUT2D eigenvalue weighted by atomic mass is 15.3. The first kappa shape index (κ1) is 13.6. The van der Waals surface area contributed by atoms with Gasteiger partial charge in [-0.2, -0.15) is 5.10 Å². The molecule has 0 saturated heterocycles. The van der Waals surface area contributed by atoms with E-state index in [0.29, 0.717) is 5.41 Å². The van der Waals surface area contributed by atoms with Crippen molar-refractivity contribution in [2.45, 2.75) is 46.1 Å². The highest BCUT2D eigenvalue weighted by Gasteiger charge is 2.34. The molecule has 1 aliphatic carbocycles. The van der Waals surface area contributed by atoms with E-state index in [2.05, 4.69) is 28.4 Å². The highest BCUT2D eigenvalue weighted by Crippen LogP contribution is 2.43. The van der Waals surface area contributed by atoms with E-state index in [0.717, 1.165) is 24.4 Å². The van der Waals surface area contributed by atoms with Crippen molar-refractivity contribution in [3.63, 3.8) is 0 Å². The van der Waals surface area contributed by atoms with E-state index in [-0.39, 0.29) is 0 Å². The van der Waals surface area contributed by atoms with Crippen LogP contribution < -0.4 is 5.32 Å². The maximum atomic E-state index is 4.53. The van der Waals surface area contributed by atoms with Gasteiger partial charge in [-0.1, -0.05) is 13.3 Å². The van der Waals surface area contributed by atoms with E-state index in [1.54, 1.807) is 0 Å². The van der Waals surface area contributed by atoms with Crippen LogP contribution in [0.5, 0.6) is 0 Å². The SMILES string of the molecule is CCC1(CNCc2cnc3c(c2)c(C)nn3C)CCC1. The summed E-state index contributed by atoms with van der Waals surface area (Å²) >= 11 is 0. The minimum absolute atomic E-state index is 0.571. The molecule has 0 aromatic carbocycles. The number of aryl methyl sites for hydroxylation is 2. The number of hydrogen-bond acceptors (Lipinski definition) is 3. The smallest absolute Gasteiger partial charge is 0.157 e. The van der Waals surface area contributed by atoms with Crippen molar-refractivity contribution in [1.82, 2.24) is 20.1 Å². The first-order valence-electron chi connectivity index (χ1n) is 7.62. The summed E-state index contributed by atoms with van der Waals surface area (Å²) in [6, 6.07) is 2.22. The number of pyridine rings is 1. The zero-order chi connectivity index (χ0) is 14.2. The number of fused-ring (bicyclic) bond motifs is 1. The normalized spacial score (nSPS) is 17.4. The summed E-state index contributed by atoms with van der Waals surface area (Å²) in [5, 5.41) is 9.21. The third-order valence-electron chi connectivity index (χ3n) is 4.91. The number of hydrogen-bond donors (Lipinski definition) is 1. The van der Waals surface area contributed by atoms with Crippen molar-refractivity contribution in [3.8, 4) is 0 Å². The van der Waals surface area contributed by atoms with Gasteiger partial charge in [0.05, 0.1) is 5.69 Å². The lowest BCUT2D eigenvalue weighted by Gasteiger charge is -2.41. The zero-order valence-electron chi connectivity index (χ0n) is 12.7. The van der Waals surface area contributed by atoms with Gasteiger partial charge in [-0.05, 0) is 43.2 Å². The Labute approximate surface area is 120 Å². The first-order valence-corrected chi connectivity index (χ1v) is 7.62. The van der Waals surface area contributed by atoms with Gasteiger partial charge >= 0.3 is 0 Å². The maximum absolute atomic E-state index is 4.53. The van der Waals surface area contributed by atoms with Crippen molar-refractivity contribution in [3.05, 3.63) is 23.5 Å². The molecule has 0 amide bonds. The molecule has 1 N–H and O–H groups in total. The van der Waals surface area contributed by atoms with Gasteiger partial charge in [0.15, 0.2) is 5.65 Å². The summed E-state index contributed by atoms with van der Waals surface area (Å²) in [6.45, 7) is 6.39. The molecule has 0 aliphatic heterocycles. The summed E-state index contributed by atoms with van der Waals surface area (Å²) in [5.41, 5.74) is 3.84. The second-order valence-corrected chi connectivity index (χ2v) is 6.23. The van der Waals surface area contributed by atoms with Gasteiger partial charge < -0.3 is 5.32 Å². The molecule has 1 saturated carbocycles. The highest BCUT2D eigenvalue weighted by molar-refractivity contribution is 5.78. The van der Waals surface area contributed by atoms with E-state index >= 15 is 0 Å². The molecule has 4 nitrogen and oxygen atoms in total. The molecule has 4 heteroatoms. The van der Waals surface area contributed by atoms with E-state index in [1.165, 1.54) is 36.6 Å². The van der Waals surface area contributed by atoms with Crippen LogP contribution in [0.4, 0.5) is 0 Å². The van der Waals surface area contributed by atoms with E-state index in [4.69, 9.17) is 0 Å². The van der Waals surface area contributed by atoms with Gasteiger partial charge in [-0.15, -0.1) is 0 Å². The molecule has 108 valence electrons. The minimum Gasteiger partial charge on any atom is -0.312 e. The van der Waals surface area contributed by atoms with Crippen LogP contribution in [-0.4, -0.2) is 21.3 Å². The molecule has 0 radical (unpaired) electrons. The van der Waals surface area contributed by atoms with Crippen LogP contribution in [0.25, 0.3) is 11.0 Å². The Kier molecular flexibility index (Phi) is 3.50. The number of nitrogens with one attached hydrogen (secondary N) is 1. The van der Waals surface area contributed by atoms with Gasteiger partial charge in [0, 0.05) is 31.7 Å². The van der Waals surface area contributed by atoms with Crippen LogP contribution in [0.15, 0.2) is 12.3 Å². The second kappa shape index (κ2) is 5.17. The standard InChI is InChI=1S/C16H24N4/c1-4-16(6-5-7-16)11-17-9-13-8-14-12(2)19-20(3)15(14)18-10-13/h8,10,17H,4-7,9,11H2,1-3H3. The first-order chi connectivity index (χ1) is 9.63. The van der Waals surface area contributed by atoms with Crippen molar-refractivity contribution in [1.29, 1.82) is 0 Å². The van der Waals surface area contributed by atoms with Crippen molar-refractivity contribution < 1.29 is 0 Å². The molecule has 0 unspecified atom stereocenters. The quantitative estimate of drug-likeness (QED) is 0.910. The van der Waals surface area contributed by atoms with Crippen LogP contribution in [0.2, 0.25) is 0 Å². The third-order valence-corrected chi connectivity index (χ3v) is 4.91. The Morgan fingerprint density at radius 2 is 2.20 bits per heavy atom. The average Bonchev–Trinajstić information content (AvgIpc) is 2.68. The number of aromatic nitrogens is 3. The molecule has 2 heterocycles. The Bertz CT molecular complexity index is 605. The predicted molar refractivity (Wildman–Crippen MR) is 81.5 cm³/mol. The molecule has 2 aromatic rings. The fraction of sp³-hybridized carbons (Fsp3) is 0.625. The zero-order valence-corrected chi connectivity index (χ0v) is 12.7. The number of rotatable bonds is 5. The molecule has 1 aliphatic rings. The monoisotopic (exact) mass is 272 g/mol. The molecule has 1 fully saturated rings. The Hall–Kier alpha value is -1.42. The maximum Gasteiger partial charge on any atom is 0.157 e. The van der Waals surface area contributed by atoms with Gasteiger partial charge in [-0.3, -0.25) is 4.68 Å². The van der Waals surface area contributed by atoms with E-state index < -0.39 is 0 Å². The van der Waals surface area contributed by atoms with E-state index in [1.807, 2.05) is 24.9 Å². The summed E-state index contributed by atoms with van der Waals surface area (Å²) in [4.78, 5) is 4.53. The Morgan fingerprint density at radius 1 is 1.40 bits per heavy atom. The second-order valence-electron chi connectivity index (χ2n) is 6.23. The topological polar surface area (TPSA) is 42.7 Å². The van der Waals surface area contributed by atoms with Gasteiger partial charge in [0.2, 0.25) is 0 Å². The molecule has 0 bridgehead atoms. The lowest BCUT2D eigenvalue weighted by Crippen LogP contribution is -2.39. The third kappa shape index (κ3) is 2.33. The Morgan fingerprint density at radius 3 is 2.85 bits per heavy atom. The Balaban J connectivity index is 1.67.